The monoisotopic (exact) mass is 537 g/mol. The van der Waals surface area contributed by atoms with Crippen LogP contribution in [0.25, 0.3) is 22.6 Å². The Morgan fingerprint density at radius 3 is 2.58 bits per heavy atom. The number of hydrogen-bond donors (Lipinski definition) is 0. The molecule has 1 atom stereocenters. The van der Waals surface area contributed by atoms with Gasteiger partial charge in [0, 0.05) is 37.5 Å². The molecule has 0 saturated carbocycles. The molecule has 0 N–H and O–H groups in total. The van der Waals surface area contributed by atoms with Gasteiger partial charge in [0.05, 0.1) is 6.61 Å². The van der Waals surface area contributed by atoms with Gasteiger partial charge in [-0.25, -0.2) is 14.8 Å². The molecule has 0 bridgehead atoms. The van der Waals surface area contributed by atoms with E-state index in [-0.39, 0.29) is 24.1 Å². The summed E-state index contributed by atoms with van der Waals surface area (Å²) in [5.41, 5.74) is 2.47. The van der Waals surface area contributed by atoms with Crippen molar-refractivity contribution in [3.8, 4) is 11.4 Å². The van der Waals surface area contributed by atoms with Gasteiger partial charge in [0.25, 0.3) is 5.56 Å². The van der Waals surface area contributed by atoms with Crippen molar-refractivity contribution in [2.24, 2.45) is 0 Å². The predicted molar refractivity (Wildman–Crippen MR) is 147 cm³/mol. The molecule has 0 amide bonds. The highest BCUT2D eigenvalue weighted by Gasteiger charge is 2.23. The van der Waals surface area contributed by atoms with Crippen molar-refractivity contribution in [3.63, 3.8) is 0 Å². The first-order valence-corrected chi connectivity index (χ1v) is 13.5. The molecule has 1 aromatic carbocycles. The topological polar surface area (TPSA) is 93.2 Å². The summed E-state index contributed by atoms with van der Waals surface area (Å²) < 4.78 is 16.2. The molecule has 1 saturated heterocycles. The molecule has 4 heterocycles. The van der Waals surface area contributed by atoms with Gasteiger partial charge in [-0.1, -0.05) is 41.9 Å². The highest BCUT2D eigenvalue weighted by atomic mass is 35.5. The van der Waals surface area contributed by atoms with Crippen molar-refractivity contribution in [1.82, 2.24) is 23.7 Å². The Hall–Kier alpha value is -3.27. The zero-order valence-electron chi connectivity index (χ0n) is 21.7. The third-order valence-electron chi connectivity index (χ3n) is 6.87. The fourth-order valence-corrected chi connectivity index (χ4v) is 5.13. The van der Waals surface area contributed by atoms with E-state index in [1.54, 1.807) is 10.6 Å². The Bertz CT molecular complexity index is 1540. The van der Waals surface area contributed by atoms with Gasteiger partial charge in [-0.15, -0.1) is 0 Å². The quantitative estimate of drug-likeness (QED) is 0.232. The minimum atomic E-state index is -0.374. The highest BCUT2D eigenvalue weighted by Crippen LogP contribution is 2.27. The number of fused-ring (bicyclic) bond motifs is 1. The summed E-state index contributed by atoms with van der Waals surface area (Å²) in [4.78, 5) is 36.6. The molecule has 9 nitrogen and oxygen atoms in total. The van der Waals surface area contributed by atoms with E-state index in [2.05, 4.69) is 4.98 Å². The van der Waals surface area contributed by atoms with Gasteiger partial charge in [-0.3, -0.25) is 13.9 Å². The fraction of sp³-hybridized carbons (Fsp3) is 0.429. The largest absolute Gasteiger partial charge is 0.353 e. The number of imidazole rings is 1. The minimum Gasteiger partial charge on any atom is -0.353 e. The molecule has 38 heavy (non-hydrogen) atoms. The van der Waals surface area contributed by atoms with Gasteiger partial charge in [-0.05, 0) is 57.2 Å². The molecule has 0 aliphatic carbocycles. The molecule has 0 spiro atoms. The molecule has 200 valence electrons. The highest BCUT2D eigenvalue weighted by molar-refractivity contribution is 6.29. The van der Waals surface area contributed by atoms with Crippen molar-refractivity contribution >= 4 is 22.8 Å². The zero-order chi connectivity index (χ0) is 26.6. The van der Waals surface area contributed by atoms with Crippen LogP contribution < -0.4 is 11.2 Å². The van der Waals surface area contributed by atoms with E-state index in [4.69, 9.17) is 26.1 Å². The third-order valence-corrected chi connectivity index (χ3v) is 7.09. The second-order valence-electron chi connectivity index (χ2n) is 9.45. The van der Waals surface area contributed by atoms with Gasteiger partial charge in [0.1, 0.15) is 11.0 Å². The zero-order valence-corrected chi connectivity index (χ0v) is 22.5. The maximum absolute atomic E-state index is 13.9. The SMILES string of the molecule is CCn1c(=O)n(CCCOC2CCCCO2)c(=O)c2c1nc(-c1ccc(Cl)nc1C)n2Cc1ccccc1. The lowest BCUT2D eigenvalue weighted by Gasteiger charge is -2.22. The van der Waals surface area contributed by atoms with Crippen molar-refractivity contribution in [2.45, 2.75) is 65.5 Å². The molecule has 1 unspecified atom stereocenters. The molecule has 1 aliphatic heterocycles. The number of benzene rings is 1. The summed E-state index contributed by atoms with van der Waals surface area (Å²) in [6.07, 6.45) is 3.31. The van der Waals surface area contributed by atoms with E-state index in [0.29, 0.717) is 60.6 Å². The van der Waals surface area contributed by atoms with Gasteiger partial charge >= 0.3 is 5.69 Å². The number of nitrogens with zero attached hydrogens (tertiary/aromatic N) is 5. The lowest BCUT2D eigenvalue weighted by Crippen LogP contribution is -2.40. The average molecular weight is 538 g/mol. The summed E-state index contributed by atoms with van der Waals surface area (Å²) >= 11 is 6.12. The Balaban J connectivity index is 1.59. The van der Waals surface area contributed by atoms with Gasteiger partial charge in [0.15, 0.2) is 17.5 Å². The number of ether oxygens (including phenoxy) is 2. The summed E-state index contributed by atoms with van der Waals surface area (Å²) in [7, 11) is 0. The van der Waals surface area contributed by atoms with Crippen LogP contribution in [0.4, 0.5) is 0 Å². The molecular weight excluding hydrogens is 506 g/mol. The summed E-state index contributed by atoms with van der Waals surface area (Å²) in [6.45, 7) is 5.88. The van der Waals surface area contributed by atoms with Gasteiger partial charge in [0.2, 0.25) is 0 Å². The van der Waals surface area contributed by atoms with Crippen molar-refractivity contribution in [3.05, 3.63) is 79.7 Å². The second-order valence-corrected chi connectivity index (χ2v) is 9.84. The molecular formula is C28H32ClN5O4. The van der Waals surface area contributed by atoms with Crippen LogP contribution in [0.15, 0.2) is 52.1 Å². The number of pyridine rings is 1. The minimum absolute atomic E-state index is 0.207. The maximum Gasteiger partial charge on any atom is 0.332 e. The number of rotatable bonds is 9. The van der Waals surface area contributed by atoms with Crippen LogP contribution in [-0.4, -0.2) is 43.2 Å². The number of aryl methyl sites for hydroxylation is 2. The van der Waals surface area contributed by atoms with Crippen LogP contribution >= 0.6 is 11.6 Å². The molecule has 1 aliphatic rings. The third kappa shape index (κ3) is 5.32. The Morgan fingerprint density at radius 1 is 1.05 bits per heavy atom. The Kier molecular flexibility index (Phi) is 8.06. The summed E-state index contributed by atoms with van der Waals surface area (Å²) in [5.74, 6) is 0.569. The van der Waals surface area contributed by atoms with Crippen LogP contribution in [0.3, 0.4) is 0 Å². The normalized spacial score (nSPS) is 15.8. The number of halogens is 1. The molecule has 10 heteroatoms. The van der Waals surface area contributed by atoms with Crippen molar-refractivity contribution in [1.29, 1.82) is 0 Å². The second kappa shape index (κ2) is 11.6. The first-order chi connectivity index (χ1) is 18.5. The Morgan fingerprint density at radius 2 is 1.87 bits per heavy atom. The molecule has 1 fully saturated rings. The molecule has 5 rings (SSSR count). The molecule has 3 aromatic heterocycles. The van der Waals surface area contributed by atoms with E-state index in [0.717, 1.165) is 30.4 Å². The van der Waals surface area contributed by atoms with Crippen LogP contribution in [0, 0.1) is 6.92 Å². The lowest BCUT2D eigenvalue weighted by atomic mass is 10.2. The number of hydrogen-bond acceptors (Lipinski definition) is 6. The average Bonchev–Trinajstić information content (AvgIpc) is 3.28. The smallest absolute Gasteiger partial charge is 0.332 e. The molecule has 4 aromatic rings. The maximum atomic E-state index is 13.9. The standard InChI is InChI=1S/C28H32ClN5O4/c1-3-32-26-24(27(35)33(28(32)36)15-9-17-38-23-12-7-8-16-37-23)34(18-20-10-5-4-6-11-20)25(31-26)21-13-14-22(29)30-19(21)2/h4-6,10-11,13-14,23H,3,7-9,12,15-18H2,1-2H3. The van der Waals surface area contributed by atoms with E-state index in [1.165, 1.54) is 4.57 Å². The van der Waals surface area contributed by atoms with Crippen LogP contribution in [0.2, 0.25) is 5.15 Å². The Labute approximate surface area is 225 Å². The van der Waals surface area contributed by atoms with Crippen LogP contribution in [0.5, 0.6) is 0 Å². The van der Waals surface area contributed by atoms with Gasteiger partial charge < -0.3 is 14.0 Å². The lowest BCUT2D eigenvalue weighted by molar-refractivity contribution is -0.163. The van der Waals surface area contributed by atoms with Gasteiger partial charge in [-0.2, -0.15) is 0 Å². The van der Waals surface area contributed by atoms with E-state index >= 15 is 0 Å². The van der Waals surface area contributed by atoms with Crippen molar-refractivity contribution < 1.29 is 9.47 Å². The fourth-order valence-electron chi connectivity index (χ4n) is 4.95. The van der Waals surface area contributed by atoms with Crippen molar-refractivity contribution in [2.75, 3.05) is 13.2 Å². The number of aromatic nitrogens is 5. The van der Waals surface area contributed by atoms with E-state index < -0.39 is 0 Å². The predicted octanol–water partition coefficient (Wildman–Crippen LogP) is 4.39. The molecule has 0 radical (unpaired) electrons. The van der Waals surface area contributed by atoms with E-state index in [1.807, 2.05) is 54.8 Å². The summed E-state index contributed by atoms with van der Waals surface area (Å²) in [5, 5.41) is 0.380. The van der Waals surface area contributed by atoms with Crippen LogP contribution in [0.1, 0.15) is 43.9 Å². The summed E-state index contributed by atoms with van der Waals surface area (Å²) in [6, 6.07) is 13.4. The first kappa shape index (κ1) is 26.3. The van der Waals surface area contributed by atoms with E-state index in [9.17, 15) is 9.59 Å². The van der Waals surface area contributed by atoms with Crippen LogP contribution in [-0.2, 0) is 29.1 Å². The first-order valence-electron chi connectivity index (χ1n) is 13.1.